The fraction of sp³-hybridized carbons (Fsp3) is 0.333. The number of nitrogens with one attached hydrogen (secondary N) is 1. The summed E-state index contributed by atoms with van der Waals surface area (Å²) in [5.41, 5.74) is 2.42. The van der Waals surface area contributed by atoms with Crippen molar-refractivity contribution in [3.05, 3.63) is 105 Å². The third-order valence-electron chi connectivity index (χ3n) is 6.88. The van der Waals surface area contributed by atoms with Crippen LogP contribution in [0.2, 0.25) is 15.1 Å². The highest BCUT2D eigenvalue weighted by atomic mass is 35.5. The molecule has 3 aromatic carbocycles. The van der Waals surface area contributed by atoms with E-state index in [1.54, 1.807) is 29.2 Å². The molecule has 0 aromatic heterocycles. The second-order valence-electron chi connectivity index (χ2n) is 9.57. The van der Waals surface area contributed by atoms with E-state index in [1.165, 1.54) is 6.42 Å². The first-order valence-electron chi connectivity index (χ1n) is 12.7. The van der Waals surface area contributed by atoms with E-state index in [0.717, 1.165) is 36.8 Å². The van der Waals surface area contributed by atoms with Gasteiger partial charge in [-0.3, -0.25) is 9.59 Å². The summed E-state index contributed by atoms with van der Waals surface area (Å²) < 4.78 is 0. The number of carbonyl (C=O) groups is 2. The maximum atomic E-state index is 13.9. The molecule has 0 bridgehead atoms. The van der Waals surface area contributed by atoms with E-state index in [4.69, 9.17) is 34.8 Å². The molecule has 0 aliphatic heterocycles. The first-order valence-corrected chi connectivity index (χ1v) is 13.8. The fourth-order valence-electron chi connectivity index (χ4n) is 4.84. The molecule has 4 nitrogen and oxygen atoms in total. The van der Waals surface area contributed by atoms with Gasteiger partial charge in [-0.25, -0.2) is 0 Å². The van der Waals surface area contributed by atoms with Crippen molar-refractivity contribution in [3.63, 3.8) is 0 Å². The zero-order chi connectivity index (χ0) is 26.2. The number of nitrogens with zero attached hydrogens (tertiary/aromatic N) is 1. The van der Waals surface area contributed by atoms with Gasteiger partial charge in [0.25, 0.3) is 0 Å². The van der Waals surface area contributed by atoms with Crippen molar-refractivity contribution in [1.82, 2.24) is 10.2 Å². The van der Waals surface area contributed by atoms with Crippen LogP contribution in [0.15, 0.2) is 72.8 Å². The Hall–Kier alpha value is -2.53. The summed E-state index contributed by atoms with van der Waals surface area (Å²) in [5.74, 6) is -0.341. The SMILES string of the molecule is O=C(NC1CCCCC1)C(Cc1ccccc1)N(Cc1ccc(Cl)cc1Cl)C(=O)Cc1ccccc1Cl. The van der Waals surface area contributed by atoms with Crippen molar-refractivity contribution in [2.75, 3.05) is 0 Å². The number of halogens is 3. The molecule has 4 rings (SSSR count). The zero-order valence-electron chi connectivity index (χ0n) is 20.6. The largest absolute Gasteiger partial charge is 0.352 e. The van der Waals surface area contributed by atoms with E-state index >= 15 is 0 Å². The number of amides is 2. The lowest BCUT2D eigenvalue weighted by Crippen LogP contribution is -2.53. The van der Waals surface area contributed by atoms with E-state index < -0.39 is 6.04 Å². The monoisotopic (exact) mass is 556 g/mol. The van der Waals surface area contributed by atoms with Crippen LogP contribution in [-0.4, -0.2) is 28.8 Å². The molecule has 1 aliphatic rings. The van der Waals surface area contributed by atoms with Crippen molar-refractivity contribution in [1.29, 1.82) is 0 Å². The van der Waals surface area contributed by atoms with Crippen LogP contribution in [0.4, 0.5) is 0 Å². The van der Waals surface area contributed by atoms with E-state index in [0.29, 0.717) is 27.1 Å². The molecule has 0 saturated heterocycles. The molecular weight excluding hydrogens is 527 g/mol. The molecular formula is C30H31Cl3N2O2. The number of carbonyl (C=O) groups excluding carboxylic acids is 2. The van der Waals surface area contributed by atoms with E-state index in [9.17, 15) is 9.59 Å². The molecule has 7 heteroatoms. The molecule has 0 radical (unpaired) electrons. The van der Waals surface area contributed by atoms with Gasteiger partial charge < -0.3 is 10.2 Å². The van der Waals surface area contributed by atoms with Gasteiger partial charge in [0.15, 0.2) is 0 Å². The first-order chi connectivity index (χ1) is 17.9. The van der Waals surface area contributed by atoms with Gasteiger partial charge in [0.2, 0.25) is 11.8 Å². The minimum absolute atomic E-state index is 0.0763. The van der Waals surface area contributed by atoms with Crippen LogP contribution < -0.4 is 5.32 Å². The Kier molecular flexibility index (Phi) is 9.90. The maximum Gasteiger partial charge on any atom is 0.243 e. The normalized spacial score (nSPS) is 14.7. The third kappa shape index (κ3) is 7.73. The summed E-state index contributed by atoms with van der Waals surface area (Å²) >= 11 is 19.0. The molecule has 2 amide bonds. The highest BCUT2D eigenvalue weighted by molar-refractivity contribution is 6.35. The predicted molar refractivity (Wildman–Crippen MR) is 151 cm³/mol. The molecule has 1 unspecified atom stereocenters. The average Bonchev–Trinajstić information content (AvgIpc) is 2.89. The molecule has 37 heavy (non-hydrogen) atoms. The quantitative estimate of drug-likeness (QED) is 0.301. The van der Waals surface area contributed by atoms with Gasteiger partial charge >= 0.3 is 0 Å². The number of hydrogen-bond donors (Lipinski definition) is 1. The van der Waals surface area contributed by atoms with Gasteiger partial charge in [-0.05, 0) is 47.7 Å². The van der Waals surface area contributed by atoms with E-state index in [1.807, 2.05) is 48.5 Å². The zero-order valence-corrected chi connectivity index (χ0v) is 22.9. The Labute approximate surface area is 233 Å². The summed E-state index contributed by atoms with van der Waals surface area (Å²) in [6.07, 6.45) is 5.78. The van der Waals surface area contributed by atoms with Crippen molar-refractivity contribution in [3.8, 4) is 0 Å². The van der Waals surface area contributed by atoms with Crippen LogP contribution in [0, 0.1) is 0 Å². The Morgan fingerprint density at radius 2 is 1.54 bits per heavy atom. The Balaban J connectivity index is 1.68. The molecule has 0 heterocycles. The molecule has 1 fully saturated rings. The lowest BCUT2D eigenvalue weighted by molar-refractivity contribution is -0.141. The van der Waals surface area contributed by atoms with Gasteiger partial charge in [-0.2, -0.15) is 0 Å². The van der Waals surface area contributed by atoms with Gasteiger partial charge in [-0.15, -0.1) is 0 Å². The minimum atomic E-state index is -0.717. The Bertz CT molecular complexity index is 1210. The topological polar surface area (TPSA) is 49.4 Å². The summed E-state index contributed by atoms with van der Waals surface area (Å²) in [7, 11) is 0. The molecule has 1 aliphatic carbocycles. The predicted octanol–water partition coefficient (Wildman–Crippen LogP) is 7.28. The van der Waals surface area contributed by atoms with Crippen LogP contribution >= 0.6 is 34.8 Å². The van der Waals surface area contributed by atoms with Crippen LogP contribution in [-0.2, 0) is 29.0 Å². The minimum Gasteiger partial charge on any atom is -0.352 e. The molecule has 1 saturated carbocycles. The Morgan fingerprint density at radius 1 is 0.838 bits per heavy atom. The first kappa shape index (κ1) is 27.5. The second kappa shape index (κ2) is 13.3. The standard InChI is InChI=1S/C30H31Cl3N2O2/c31-24-16-15-23(27(33)19-24)20-35(29(36)18-22-11-7-8-14-26(22)32)28(17-21-9-3-1-4-10-21)30(37)34-25-12-5-2-6-13-25/h1,3-4,7-11,14-16,19,25,28H,2,5-6,12-13,17-18,20H2,(H,34,37). The van der Waals surface area contributed by atoms with E-state index in [2.05, 4.69) is 5.32 Å². The molecule has 1 atom stereocenters. The fourth-order valence-corrected chi connectivity index (χ4v) is 5.51. The maximum absolute atomic E-state index is 13.9. The number of benzene rings is 3. The molecule has 0 spiro atoms. The van der Waals surface area contributed by atoms with Crippen LogP contribution in [0.3, 0.4) is 0 Å². The lowest BCUT2D eigenvalue weighted by Gasteiger charge is -2.34. The highest BCUT2D eigenvalue weighted by Gasteiger charge is 2.32. The van der Waals surface area contributed by atoms with Crippen LogP contribution in [0.25, 0.3) is 0 Å². The summed E-state index contributed by atoms with van der Waals surface area (Å²) in [5, 5.41) is 4.73. The summed E-state index contributed by atoms with van der Waals surface area (Å²) in [6.45, 7) is 0.175. The highest BCUT2D eigenvalue weighted by Crippen LogP contribution is 2.26. The van der Waals surface area contributed by atoms with Crippen molar-refractivity contribution in [2.24, 2.45) is 0 Å². The van der Waals surface area contributed by atoms with Gasteiger partial charge in [0.05, 0.1) is 6.42 Å². The van der Waals surface area contributed by atoms with E-state index in [-0.39, 0.29) is 30.8 Å². The van der Waals surface area contributed by atoms with Gasteiger partial charge in [0.1, 0.15) is 6.04 Å². The van der Waals surface area contributed by atoms with Crippen molar-refractivity contribution in [2.45, 2.75) is 63.6 Å². The van der Waals surface area contributed by atoms with Gasteiger partial charge in [-0.1, -0.05) is 109 Å². The molecule has 194 valence electrons. The third-order valence-corrected chi connectivity index (χ3v) is 7.83. The lowest BCUT2D eigenvalue weighted by atomic mass is 9.94. The van der Waals surface area contributed by atoms with Crippen LogP contribution in [0.5, 0.6) is 0 Å². The van der Waals surface area contributed by atoms with Crippen molar-refractivity contribution < 1.29 is 9.59 Å². The number of hydrogen-bond acceptors (Lipinski definition) is 2. The molecule has 3 aromatic rings. The van der Waals surface area contributed by atoms with Crippen molar-refractivity contribution >= 4 is 46.6 Å². The van der Waals surface area contributed by atoms with Crippen LogP contribution in [0.1, 0.15) is 48.8 Å². The summed E-state index contributed by atoms with van der Waals surface area (Å²) in [4.78, 5) is 29.4. The number of rotatable bonds is 9. The second-order valence-corrected chi connectivity index (χ2v) is 10.8. The van der Waals surface area contributed by atoms with Gasteiger partial charge in [0, 0.05) is 34.1 Å². The summed E-state index contributed by atoms with van der Waals surface area (Å²) in [6, 6.07) is 21.7. The average molecular weight is 558 g/mol. The Morgan fingerprint density at radius 3 is 2.24 bits per heavy atom. The smallest absolute Gasteiger partial charge is 0.243 e. The molecule has 1 N–H and O–H groups in total.